The Balaban J connectivity index is 2.37. The number of furan rings is 1. The summed E-state index contributed by atoms with van der Waals surface area (Å²) in [7, 11) is 2.94. The molecule has 0 saturated heterocycles. The van der Waals surface area contributed by atoms with Gasteiger partial charge in [0, 0.05) is 19.2 Å². The summed E-state index contributed by atoms with van der Waals surface area (Å²) >= 11 is 0. The molecule has 5 nitrogen and oxygen atoms in total. The van der Waals surface area contributed by atoms with E-state index in [0.29, 0.717) is 6.54 Å². The molecular weight excluding hydrogens is 186 g/mol. The first-order valence-electron chi connectivity index (χ1n) is 4.10. The Hall–Kier alpha value is -1.78. The molecule has 1 aromatic rings. The first-order chi connectivity index (χ1) is 6.63. The molecule has 1 amide bonds. The quantitative estimate of drug-likeness (QED) is 0.617. The van der Waals surface area contributed by atoms with Crippen LogP contribution in [0.3, 0.4) is 0 Å². The first-order valence-corrected chi connectivity index (χ1v) is 4.10. The molecule has 0 aliphatic carbocycles. The Morgan fingerprint density at radius 3 is 2.93 bits per heavy atom. The van der Waals surface area contributed by atoms with E-state index in [2.05, 4.69) is 4.74 Å². The maximum absolute atomic E-state index is 11.4. The molecule has 0 atom stereocenters. The van der Waals surface area contributed by atoms with Crippen LogP contribution < -0.4 is 0 Å². The van der Waals surface area contributed by atoms with Crippen LogP contribution >= 0.6 is 0 Å². The van der Waals surface area contributed by atoms with Crippen molar-refractivity contribution in [2.24, 2.45) is 0 Å². The molecule has 0 N–H and O–H groups in total. The lowest BCUT2D eigenvalue weighted by Crippen LogP contribution is -2.18. The molecule has 0 fully saturated rings. The molecule has 0 radical (unpaired) electrons. The highest BCUT2D eigenvalue weighted by Crippen LogP contribution is 2.25. The third-order valence-electron chi connectivity index (χ3n) is 2.14. The maximum atomic E-state index is 11.4. The summed E-state index contributed by atoms with van der Waals surface area (Å²) in [6.07, 6.45) is 0. The van der Waals surface area contributed by atoms with Crippen LogP contribution in [-0.2, 0) is 11.3 Å². The number of fused-ring (bicyclic) bond motifs is 1. The Bertz CT molecular complexity index is 407. The number of hydrogen-bond acceptors (Lipinski definition) is 4. The highest BCUT2D eigenvalue weighted by atomic mass is 16.5. The number of carbonyl (C=O) groups excluding carboxylic acids is 2. The molecule has 1 aromatic heterocycles. The van der Waals surface area contributed by atoms with Gasteiger partial charge in [-0.05, 0) is 6.07 Å². The van der Waals surface area contributed by atoms with Gasteiger partial charge in [-0.15, -0.1) is 0 Å². The van der Waals surface area contributed by atoms with E-state index in [1.54, 1.807) is 13.1 Å². The van der Waals surface area contributed by atoms with Crippen molar-refractivity contribution in [1.82, 2.24) is 4.90 Å². The predicted molar refractivity (Wildman–Crippen MR) is 45.8 cm³/mol. The van der Waals surface area contributed by atoms with E-state index >= 15 is 0 Å². The fourth-order valence-electron chi connectivity index (χ4n) is 1.43. The van der Waals surface area contributed by atoms with Gasteiger partial charge in [0.2, 0.25) is 5.76 Å². The van der Waals surface area contributed by atoms with Crippen LogP contribution in [0.2, 0.25) is 0 Å². The molecule has 0 unspecified atom stereocenters. The van der Waals surface area contributed by atoms with Crippen LogP contribution in [0.5, 0.6) is 0 Å². The molecule has 74 valence electrons. The molecule has 1 aliphatic heterocycles. The molecule has 2 rings (SSSR count). The monoisotopic (exact) mass is 195 g/mol. The molecule has 0 aromatic carbocycles. The van der Waals surface area contributed by atoms with Crippen LogP contribution in [-0.4, -0.2) is 30.9 Å². The van der Waals surface area contributed by atoms with E-state index in [0.717, 1.165) is 5.56 Å². The zero-order valence-electron chi connectivity index (χ0n) is 7.86. The summed E-state index contributed by atoms with van der Waals surface area (Å²) in [5.41, 5.74) is 0.734. The lowest BCUT2D eigenvalue weighted by molar-refractivity contribution is 0.0560. The minimum Gasteiger partial charge on any atom is -0.463 e. The van der Waals surface area contributed by atoms with Gasteiger partial charge in [-0.3, -0.25) is 4.79 Å². The zero-order valence-corrected chi connectivity index (χ0v) is 7.86. The van der Waals surface area contributed by atoms with E-state index in [-0.39, 0.29) is 17.4 Å². The molecule has 14 heavy (non-hydrogen) atoms. The molecule has 2 heterocycles. The van der Waals surface area contributed by atoms with Gasteiger partial charge in [-0.2, -0.15) is 0 Å². The fourth-order valence-corrected chi connectivity index (χ4v) is 1.43. The number of esters is 1. The predicted octanol–water partition coefficient (Wildman–Crippen LogP) is 0.652. The molecule has 1 aliphatic rings. The number of methoxy groups -OCH3 is 1. The number of nitrogens with zero attached hydrogens (tertiary/aromatic N) is 1. The highest BCUT2D eigenvalue weighted by molar-refractivity contribution is 5.97. The first kappa shape index (κ1) is 8.80. The minimum atomic E-state index is -0.560. The Morgan fingerprint density at radius 1 is 1.64 bits per heavy atom. The second kappa shape index (κ2) is 2.87. The summed E-state index contributed by atoms with van der Waals surface area (Å²) in [5, 5.41) is 0. The van der Waals surface area contributed by atoms with Gasteiger partial charge in [0.1, 0.15) is 0 Å². The second-order valence-electron chi connectivity index (χ2n) is 3.12. The van der Waals surface area contributed by atoms with Crippen molar-refractivity contribution >= 4 is 11.9 Å². The van der Waals surface area contributed by atoms with E-state index in [4.69, 9.17) is 4.42 Å². The SMILES string of the molecule is COC(=O)c1cc2c(o1)C(=O)N(C)C2. The largest absolute Gasteiger partial charge is 0.463 e. The van der Waals surface area contributed by atoms with Crippen molar-refractivity contribution in [3.63, 3.8) is 0 Å². The third-order valence-corrected chi connectivity index (χ3v) is 2.14. The van der Waals surface area contributed by atoms with Gasteiger partial charge in [-0.1, -0.05) is 0 Å². The number of amides is 1. The molecule has 0 bridgehead atoms. The summed E-state index contributed by atoms with van der Waals surface area (Å²) in [4.78, 5) is 24.0. The van der Waals surface area contributed by atoms with E-state index in [1.807, 2.05) is 0 Å². The highest BCUT2D eigenvalue weighted by Gasteiger charge is 2.31. The maximum Gasteiger partial charge on any atom is 0.373 e. The number of hydrogen-bond donors (Lipinski definition) is 0. The molecule has 0 spiro atoms. The lowest BCUT2D eigenvalue weighted by Gasteiger charge is -2.05. The standard InChI is InChI=1S/C9H9NO4/c1-10-4-5-3-6(9(12)13-2)14-7(5)8(10)11/h3H,4H2,1-2H3. The molecule has 5 heteroatoms. The smallest absolute Gasteiger partial charge is 0.373 e. The van der Waals surface area contributed by atoms with Crippen molar-refractivity contribution in [1.29, 1.82) is 0 Å². The Labute approximate surface area is 80.2 Å². The molecular formula is C9H9NO4. The van der Waals surface area contributed by atoms with Crippen molar-refractivity contribution < 1.29 is 18.7 Å². The summed E-state index contributed by atoms with van der Waals surface area (Å²) < 4.78 is 9.57. The Kier molecular flexibility index (Phi) is 1.80. The van der Waals surface area contributed by atoms with Gasteiger partial charge >= 0.3 is 5.97 Å². The van der Waals surface area contributed by atoms with Crippen LogP contribution in [0.4, 0.5) is 0 Å². The minimum absolute atomic E-state index is 0.0824. The van der Waals surface area contributed by atoms with Gasteiger partial charge in [0.15, 0.2) is 5.76 Å². The summed E-state index contributed by atoms with van der Waals surface area (Å²) in [6.45, 7) is 0.481. The number of ether oxygens (including phenoxy) is 1. The second-order valence-corrected chi connectivity index (χ2v) is 3.12. The number of rotatable bonds is 1. The lowest BCUT2D eigenvalue weighted by atomic mass is 10.3. The van der Waals surface area contributed by atoms with Crippen molar-refractivity contribution in [3.05, 3.63) is 23.2 Å². The van der Waals surface area contributed by atoms with Crippen LogP contribution in [0, 0.1) is 0 Å². The third kappa shape index (κ3) is 1.09. The molecule has 0 saturated carbocycles. The van der Waals surface area contributed by atoms with E-state index in [1.165, 1.54) is 12.0 Å². The summed E-state index contributed by atoms with van der Waals surface area (Å²) in [5.74, 6) is -0.433. The number of carbonyl (C=O) groups is 2. The van der Waals surface area contributed by atoms with Crippen LogP contribution in [0.25, 0.3) is 0 Å². The van der Waals surface area contributed by atoms with E-state index in [9.17, 15) is 9.59 Å². The van der Waals surface area contributed by atoms with E-state index < -0.39 is 5.97 Å². The Morgan fingerprint density at radius 2 is 2.36 bits per heavy atom. The normalized spacial score (nSPS) is 14.4. The average Bonchev–Trinajstić information content (AvgIpc) is 2.68. The summed E-state index contributed by atoms with van der Waals surface area (Å²) in [6, 6.07) is 1.54. The fraction of sp³-hybridized carbons (Fsp3) is 0.333. The topological polar surface area (TPSA) is 59.8 Å². The van der Waals surface area contributed by atoms with Gasteiger partial charge < -0.3 is 14.1 Å². The average molecular weight is 195 g/mol. The van der Waals surface area contributed by atoms with Crippen molar-refractivity contribution in [3.8, 4) is 0 Å². The van der Waals surface area contributed by atoms with Gasteiger partial charge in [-0.25, -0.2) is 4.79 Å². The van der Waals surface area contributed by atoms with Gasteiger partial charge in [0.25, 0.3) is 5.91 Å². The van der Waals surface area contributed by atoms with Crippen LogP contribution in [0.15, 0.2) is 10.5 Å². The van der Waals surface area contributed by atoms with Crippen molar-refractivity contribution in [2.45, 2.75) is 6.54 Å². The van der Waals surface area contributed by atoms with Gasteiger partial charge in [0.05, 0.1) is 7.11 Å². The van der Waals surface area contributed by atoms with Crippen molar-refractivity contribution in [2.75, 3.05) is 14.2 Å². The van der Waals surface area contributed by atoms with Crippen LogP contribution in [0.1, 0.15) is 26.7 Å². The zero-order chi connectivity index (χ0) is 10.3.